The first kappa shape index (κ1) is 20.1. The number of halogens is 4. The smallest absolute Gasteiger partial charge is 0.229 e. The molecule has 0 aliphatic carbocycles. The Balaban J connectivity index is 2.32. The summed E-state index contributed by atoms with van der Waals surface area (Å²) < 4.78 is 64.5. The highest BCUT2D eigenvalue weighted by Gasteiger charge is 2.53. The first-order valence-corrected chi connectivity index (χ1v) is 11.6. The van der Waals surface area contributed by atoms with Crippen LogP contribution >= 0.6 is 0 Å². The number of hydrogen-bond donors (Lipinski definition) is 0. The summed E-state index contributed by atoms with van der Waals surface area (Å²) in [5.41, 5.74) is 0.454. The molecule has 1 heterocycles. The largest absolute Gasteiger partial charge is 0.401 e. The second-order valence-electron chi connectivity index (χ2n) is 8.14. The summed E-state index contributed by atoms with van der Waals surface area (Å²) in [6, 6.07) is 9.84. The van der Waals surface area contributed by atoms with Gasteiger partial charge in [-0.05, 0) is 29.5 Å². The lowest BCUT2D eigenvalue weighted by Gasteiger charge is -2.31. The van der Waals surface area contributed by atoms with Crippen LogP contribution < -0.4 is 5.19 Å². The molecule has 0 N–H and O–H groups in total. The lowest BCUT2D eigenvalue weighted by Crippen LogP contribution is -2.51. The van der Waals surface area contributed by atoms with Crippen molar-refractivity contribution < 1.29 is 22.0 Å². The molecule has 0 saturated carbocycles. The Bertz CT molecular complexity index is 826. The van der Waals surface area contributed by atoms with E-state index in [1.807, 2.05) is 27.7 Å². The fourth-order valence-corrected chi connectivity index (χ4v) is 9.72. The fraction of sp³-hybridized carbons (Fsp3) is 0.429. The van der Waals surface area contributed by atoms with E-state index >= 15 is 4.39 Å². The van der Waals surface area contributed by atoms with Crippen LogP contribution in [0.25, 0.3) is 0 Å². The van der Waals surface area contributed by atoms with E-state index in [9.17, 15) is 13.2 Å². The molecule has 146 valence electrons. The fourth-order valence-electron chi connectivity index (χ4n) is 4.25. The second kappa shape index (κ2) is 7.39. The van der Waals surface area contributed by atoms with Gasteiger partial charge < -0.3 is 4.43 Å². The maximum atomic E-state index is 15.0. The molecule has 27 heavy (non-hydrogen) atoms. The molecule has 2 aromatic carbocycles. The van der Waals surface area contributed by atoms with Gasteiger partial charge in [-0.2, -0.15) is 0 Å². The Morgan fingerprint density at radius 3 is 1.85 bits per heavy atom. The molecule has 6 heteroatoms. The van der Waals surface area contributed by atoms with E-state index in [-0.39, 0.29) is 22.6 Å². The predicted molar refractivity (Wildman–Crippen MR) is 100 cm³/mol. The molecule has 0 saturated heterocycles. The van der Waals surface area contributed by atoms with Crippen molar-refractivity contribution in [2.45, 2.75) is 45.9 Å². The summed E-state index contributed by atoms with van der Waals surface area (Å²) in [6.45, 7) is 7.90. The summed E-state index contributed by atoms with van der Waals surface area (Å²) >= 11 is 0. The van der Waals surface area contributed by atoms with Crippen molar-refractivity contribution in [3.8, 4) is 0 Å². The van der Waals surface area contributed by atoms with E-state index in [0.29, 0.717) is 17.7 Å². The number of benzene rings is 2. The van der Waals surface area contributed by atoms with Crippen LogP contribution in [-0.2, 0) is 4.43 Å². The van der Waals surface area contributed by atoms with Crippen molar-refractivity contribution in [3.63, 3.8) is 0 Å². The van der Waals surface area contributed by atoms with Gasteiger partial charge in [0.05, 0.1) is 6.10 Å². The molecule has 0 radical (unpaired) electrons. The maximum Gasteiger partial charge on any atom is 0.229 e. The standard InChI is InChI=1S/C21H24F4OSi/c1-12(2)10-27(11-13(3)4)21-15(16(22)17(23)18(24)19(21)25)20(26-27)14-8-6-5-7-9-14/h5-9,12-13,20H,10-11H2,1-4H3/t20-/m0/s1. The Hall–Kier alpha value is -1.66. The molecule has 0 fully saturated rings. The van der Waals surface area contributed by atoms with Crippen LogP contribution in [0, 0.1) is 35.1 Å². The molecule has 1 nitrogen and oxygen atoms in total. The maximum absolute atomic E-state index is 15.0. The summed E-state index contributed by atoms with van der Waals surface area (Å²) in [4.78, 5) is 0. The van der Waals surface area contributed by atoms with Crippen LogP contribution in [0.5, 0.6) is 0 Å². The summed E-state index contributed by atoms with van der Waals surface area (Å²) in [5.74, 6) is -5.83. The van der Waals surface area contributed by atoms with Crippen molar-refractivity contribution in [3.05, 3.63) is 64.7 Å². The molecule has 0 unspecified atom stereocenters. The molecule has 0 amide bonds. The van der Waals surface area contributed by atoms with Gasteiger partial charge in [-0.3, -0.25) is 0 Å². The van der Waals surface area contributed by atoms with E-state index in [1.165, 1.54) is 0 Å². The lowest BCUT2D eigenvalue weighted by atomic mass is 10.0. The van der Waals surface area contributed by atoms with Crippen LogP contribution in [-0.4, -0.2) is 8.32 Å². The highest BCUT2D eigenvalue weighted by molar-refractivity contribution is 6.88. The van der Waals surface area contributed by atoms with Gasteiger partial charge in [0.25, 0.3) is 0 Å². The van der Waals surface area contributed by atoms with Crippen molar-refractivity contribution >= 4 is 13.5 Å². The van der Waals surface area contributed by atoms with Crippen molar-refractivity contribution in [1.82, 2.24) is 0 Å². The normalized spacial score (nSPS) is 18.4. The van der Waals surface area contributed by atoms with Crippen LogP contribution in [0.4, 0.5) is 17.6 Å². The van der Waals surface area contributed by atoms with Gasteiger partial charge in [0.2, 0.25) is 8.32 Å². The van der Waals surface area contributed by atoms with Crippen molar-refractivity contribution in [2.24, 2.45) is 11.8 Å². The highest BCUT2D eigenvalue weighted by atomic mass is 28.4. The van der Waals surface area contributed by atoms with Gasteiger partial charge in [-0.25, -0.2) is 17.6 Å². The molecule has 1 aliphatic heterocycles. The van der Waals surface area contributed by atoms with Crippen LogP contribution in [0.3, 0.4) is 0 Å². The van der Waals surface area contributed by atoms with E-state index < -0.39 is 37.7 Å². The van der Waals surface area contributed by atoms with E-state index in [4.69, 9.17) is 4.43 Å². The van der Waals surface area contributed by atoms with E-state index in [1.54, 1.807) is 30.3 Å². The topological polar surface area (TPSA) is 9.23 Å². The minimum absolute atomic E-state index is 0.0323. The first-order valence-electron chi connectivity index (χ1n) is 9.27. The molecule has 0 spiro atoms. The molecule has 1 atom stereocenters. The third-order valence-electron chi connectivity index (χ3n) is 4.94. The minimum Gasteiger partial charge on any atom is -0.401 e. The highest BCUT2D eigenvalue weighted by Crippen LogP contribution is 2.44. The third-order valence-corrected chi connectivity index (χ3v) is 9.98. The number of hydrogen-bond acceptors (Lipinski definition) is 1. The monoisotopic (exact) mass is 396 g/mol. The van der Waals surface area contributed by atoms with Crippen molar-refractivity contribution in [1.29, 1.82) is 0 Å². The molecular weight excluding hydrogens is 372 g/mol. The average Bonchev–Trinajstić information content (AvgIpc) is 2.92. The molecule has 1 aliphatic rings. The zero-order valence-corrected chi connectivity index (χ0v) is 17.0. The van der Waals surface area contributed by atoms with Gasteiger partial charge in [0.1, 0.15) is 0 Å². The molecule has 0 bridgehead atoms. The number of fused-ring (bicyclic) bond motifs is 1. The van der Waals surface area contributed by atoms with Gasteiger partial charge in [-0.1, -0.05) is 58.0 Å². The van der Waals surface area contributed by atoms with Gasteiger partial charge in [0, 0.05) is 10.8 Å². The van der Waals surface area contributed by atoms with Crippen LogP contribution in [0.15, 0.2) is 30.3 Å². The van der Waals surface area contributed by atoms with Crippen molar-refractivity contribution in [2.75, 3.05) is 0 Å². The summed E-state index contributed by atoms with van der Waals surface area (Å²) in [5, 5.41) is -0.0323. The quantitative estimate of drug-likeness (QED) is 0.268. The Morgan fingerprint density at radius 2 is 1.33 bits per heavy atom. The predicted octanol–water partition coefficient (Wildman–Crippen LogP) is 5.83. The zero-order chi connectivity index (χ0) is 19.9. The van der Waals surface area contributed by atoms with Crippen LogP contribution in [0.2, 0.25) is 12.1 Å². The van der Waals surface area contributed by atoms with E-state index in [0.717, 1.165) is 0 Å². The van der Waals surface area contributed by atoms with E-state index in [2.05, 4.69) is 0 Å². The van der Waals surface area contributed by atoms with Gasteiger partial charge in [0.15, 0.2) is 23.3 Å². The zero-order valence-electron chi connectivity index (χ0n) is 16.0. The number of rotatable bonds is 5. The molecular formula is C21H24F4OSi. The van der Waals surface area contributed by atoms with Crippen LogP contribution in [0.1, 0.15) is 44.9 Å². The summed E-state index contributed by atoms with van der Waals surface area (Å²) in [6.07, 6.45) is -0.921. The Morgan fingerprint density at radius 1 is 0.815 bits per heavy atom. The van der Waals surface area contributed by atoms with Gasteiger partial charge in [-0.15, -0.1) is 0 Å². The van der Waals surface area contributed by atoms with Gasteiger partial charge >= 0.3 is 0 Å². The SMILES string of the molecule is CC(C)C[Si]1(CC(C)C)O[C@@H](c2ccccc2)c2c(F)c(F)c(F)c(F)c21. The average molecular weight is 397 g/mol. The third kappa shape index (κ3) is 3.45. The Labute approximate surface area is 158 Å². The summed E-state index contributed by atoms with van der Waals surface area (Å²) in [7, 11) is -3.08. The molecule has 0 aromatic heterocycles. The molecule has 2 aromatic rings. The first-order chi connectivity index (χ1) is 12.7. The minimum atomic E-state index is -3.08. The lowest BCUT2D eigenvalue weighted by molar-refractivity contribution is 0.240. The molecule has 3 rings (SSSR count). The Kier molecular flexibility index (Phi) is 5.50. The second-order valence-corrected chi connectivity index (χ2v) is 11.7.